The topological polar surface area (TPSA) is 32.5 Å². The maximum atomic E-state index is 5.97. The van der Waals surface area contributed by atoms with Crippen molar-refractivity contribution >= 4 is 0 Å². The molecule has 0 amide bonds. The van der Waals surface area contributed by atoms with Gasteiger partial charge in [0.25, 0.3) is 0 Å². The van der Waals surface area contributed by atoms with Gasteiger partial charge in [-0.25, -0.2) is 0 Å². The summed E-state index contributed by atoms with van der Waals surface area (Å²) in [6, 6.07) is 1.28. The highest BCUT2D eigenvalue weighted by Crippen LogP contribution is 2.24. The fraction of sp³-hybridized carbons (Fsp3) is 1.00. The summed E-state index contributed by atoms with van der Waals surface area (Å²) in [7, 11) is 4.56. The highest BCUT2D eigenvalue weighted by Gasteiger charge is 2.25. The molecule has 1 aliphatic carbocycles. The number of likely N-dealkylation sites (tertiary alicyclic amines) is 1. The first kappa shape index (κ1) is 13.3. The average molecular weight is 239 g/mol. The molecule has 0 spiro atoms. The van der Waals surface area contributed by atoms with E-state index in [1.165, 1.54) is 58.2 Å². The van der Waals surface area contributed by atoms with E-state index in [4.69, 9.17) is 5.73 Å². The molecule has 1 heterocycles. The Morgan fingerprint density at radius 1 is 1.06 bits per heavy atom. The van der Waals surface area contributed by atoms with Crippen LogP contribution in [0.5, 0.6) is 0 Å². The lowest BCUT2D eigenvalue weighted by molar-refractivity contribution is 0.127. The molecule has 3 heteroatoms. The zero-order valence-electron chi connectivity index (χ0n) is 11.6. The van der Waals surface area contributed by atoms with Crippen LogP contribution in [0.25, 0.3) is 0 Å². The van der Waals surface area contributed by atoms with Crippen molar-refractivity contribution in [3.8, 4) is 0 Å². The second-order valence-electron chi connectivity index (χ2n) is 6.25. The van der Waals surface area contributed by atoms with Crippen LogP contribution in [0.3, 0.4) is 0 Å². The van der Waals surface area contributed by atoms with Crippen LogP contribution in [-0.4, -0.2) is 55.6 Å². The van der Waals surface area contributed by atoms with Gasteiger partial charge in [-0.05, 0) is 71.6 Å². The Morgan fingerprint density at radius 2 is 1.65 bits per heavy atom. The highest BCUT2D eigenvalue weighted by molar-refractivity contribution is 4.81. The van der Waals surface area contributed by atoms with Crippen molar-refractivity contribution in [2.45, 2.75) is 50.6 Å². The molecule has 1 aliphatic heterocycles. The van der Waals surface area contributed by atoms with Crippen molar-refractivity contribution in [2.24, 2.45) is 11.7 Å². The average Bonchev–Trinajstić information content (AvgIpc) is 2.33. The first-order valence-electron chi connectivity index (χ1n) is 7.29. The summed E-state index contributed by atoms with van der Waals surface area (Å²) in [4.78, 5) is 5.07. The Kier molecular flexibility index (Phi) is 4.83. The molecule has 100 valence electrons. The Morgan fingerprint density at radius 3 is 2.24 bits per heavy atom. The van der Waals surface area contributed by atoms with Crippen LogP contribution in [0.1, 0.15) is 38.5 Å². The lowest BCUT2D eigenvalue weighted by Crippen LogP contribution is -2.42. The summed E-state index contributed by atoms with van der Waals surface area (Å²) < 4.78 is 0. The van der Waals surface area contributed by atoms with Gasteiger partial charge in [0.2, 0.25) is 0 Å². The van der Waals surface area contributed by atoms with Crippen LogP contribution in [0, 0.1) is 5.92 Å². The molecule has 17 heavy (non-hydrogen) atoms. The molecule has 2 N–H and O–H groups in total. The third-order valence-electron chi connectivity index (χ3n) is 4.75. The van der Waals surface area contributed by atoms with Crippen molar-refractivity contribution in [1.82, 2.24) is 9.80 Å². The standard InChI is InChI=1S/C14H29N3/c1-16-9-7-12(8-10-16)11-17(2)14-5-3-13(15)4-6-14/h12-14H,3-11,15H2,1-2H3. The fourth-order valence-corrected chi connectivity index (χ4v) is 3.34. The minimum Gasteiger partial charge on any atom is -0.328 e. The zero-order chi connectivity index (χ0) is 12.3. The van der Waals surface area contributed by atoms with Gasteiger partial charge < -0.3 is 15.5 Å². The van der Waals surface area contributed by atoms with Gasteiger partial charge in [0, 0.05) is 18.6 Å². The Bertz CT molecular complexity index is 216. The molecule has 1 saturated heterocycles. The highest BCUT2D eigenvalue weighted by atomic mass is 15.1. The molecule has 0 atom stereocenters. The van der Waals surface area contributed by atoms with Crippen LogP contribution >= 0.6 is 0 Å². The Balaban J connectivity index is 1.71. The van der Waals surface area contributed by atoms with Gasteiger partial charge in [0.05, 0.1) is 0 Å². The third kappa shape index (κ3) is 3.94. The van der Waals surface area contributed by atoms with Gasteiger partial charge in [0.1, 0.15) is 0 Å². The quantitative estimate of drug-likeness (QED) is 0.811. The molecular weight excluding hydrogens is 210 g/mol. The van der Waals surface area contributed by atoms with Crippen LogP contribution in [0.2, 0.25) is 0 Å². The van der Waals surface area contributed by atoms with E-state index in [1.807, 2.05) is 0 Å². The SMILES string of the molecule is CN1CCC(CN(C)C2CCC(N)CC2)CC1. The van der Waals surface area contributed by atoms with E-state index in [2.05, 4.69) is 23.9 Å². The molecule has 0 unspecified atom stereocenters. The summed E-state index contributed by atoms with van der Waals surface area (Å²) in [5.74, 6) is 0.923. The molecule has 2 rings (SSSR count). The smallest absolute Gasteiger partial charge is 0.00934 e. The monoisotopic (exact) mass is 239 g/mol. The first-order valence-corrected chi connectivity index (χ1v) is 7.29. The van der Waals surface area contributed by atoms with Crippen molar-refractivity contribution in [3.63, 3.8) is 0 Å². The van der Waals surface area contributed by atoms with E-state index >= 15 is 0 Å². The predicted molar refractivity (Wildman–Crippen MR) is 73.1 cm³/mol. The Hall–Kier alpha value is -0.120. The van der Waals surface area contributed by atoms with Gasteiger partial charge in [-0.1, -0.05) is 0 Å². The number of nitrogens with two attached hydrogens (primary N) is 1. The summed E-state index contributed by atoms with van der Waals surface area (Å²) >= 11 is 0. The van der Waals surface area contributed by atoms with Gasteiger partial charge in [0.15, 0.2) is 0 Å². The van der Waals surface area contributed by atoms with Gasteiger partial charge in [-0.2, -0.15) is 0 Å². The van der Waals surface area contributed by atoms with Crippen LogP contribution < -0.4 is 5.73 Å². The fourth-order valence-electron chi connectivity index (χ4n) is 3.34. The molecule has 0 aromatic rings. The molecule has 3 nitrogen and oxygen atoms in total. The number of hydrogen-bond donors (Lipinski definition) is 1. The van der Waals surface area contributed by atoms with Crippen LogP contribution in [0.4, 0.5) is 0 Å². The van der Waals surface area contributed by atoms with Crippen LogP contribution in [0.15, 0.2) is 0 Å². The lowest BCUT2D eigenvalue weighted by atomic mass is 9.89. The molecular formula is C14H29N3. The largest absolute Gasteiger partial charge is 0.328 e. The molecule has 0 aromatic heterocycles. The number of rotatable bonds is 3. The van der Waals surface area contributed by atoms with Crippen molar-refractivity contribution in [1.29, 1.82) is 0 Å². The normalized spacial score (nSPS) is 33.2. The van der Waals surface area contributed by atoms with Crippen molar-refractivity contribution in [3.05, 3.63) is 0 Å². The zero-order valence-corrected chi connectivity index (χ0v) is 11.6. The maximum Gasteiger partial charge on any atom is 0.00934 e. The number of nitrogens with zero attached hydrogens (tertiary/aromatic N) is 2. The van der Waals surface area contributed by atoms with E-state index in [1.54, 1.807) is 0 Å². The third-order valence-corrected chi connectivity index (χ3v) is 4.75. The number of hydrogen-bond acceptors (Lipinski definition) is 3. The molecule has 2 fully saturated rings. The second kappa shape index (κ2) is 6.17. The molecule has 1 saturated carbocycles. The maximum absolute atomic E-state index is 5.97. The van der Waals surface area contributed by atoms with E-state index < -0.39 is 0 Å². The van der Waals surface area contributed by atoms with Gasteiger partial charge >= 0.3 is 0 Å². The molecule has 0 aromatic carbocycles. The summed E-state index contributed by atoms with van der Waals surface area (Å²) in [6.45, 7) is 3.87. The second-order valence-corrected chi connectivity index (χ2v) is 6.25. The molecule has 0 radical (unpaired) electrons. The molecule has 2 aliphatic rings. The lowest BCUT2D eigenvalue weighted by Gasteiger charge is -2.37. The van der Waals surface area contributed by atoms with E-state index in [-0.39, 0.29) is 0 Å². The Labute approximate surface area is 106 Å². The number of piperidine rings is 1. The van der Waals surface area contributed by atoms with Crippen LogP contribution in [-0.2, 0) is 0 Å². The van der Waals surface area contributed by atoms with Gasteiger partial charge in [-0.15, -0.1) is 0 Å². The van der Waals surface area contributed by atoms with Gasteiger partial charge in [-0.3, -0.25) is 0 Å². The summed E-state index contributed by atoms with van der Waals surface area (Å²) in [6.07, 6.45) is 7.83. The van der Waals surface area contributed by atoms with E-state index in [0.717, 1.165) is 12.0 Å². The summed E-state index contributed by atoms with van der Waals surface area (Å²) in [5.41, 5.74) is 5.97. The van der Waals surface area contributed by atoms with Crippen molar-refractivity contribution in [2.75, 3.05) is 33.7 Å². The van der Waals surface area contributed by atoms with E-state index in [9.17, 15) is 0 Å². The van der Waals surface area contributed by atoms with Crippen molar-refractivity contribution < 1.29 is 0 Å². The first-order chi connectivity index (χ1) is 8.15. The predicted octanol–water partition coefficient (Wildman–Crippen LogP) is 1.53. The van der Waals surface area contributed by atoms with E-state index in [0.29, 0.717) is 6.04 Å². The molecule has 0 bridgehead atoms. The summed E-state index contributed by atoms with van der Waals surface area (Å²) in [5, 5.41) is 0. The minimum absolute atomic E-state index is 0.475. The minimum atomic E-state index is 0.475.